The SMILES string of the molecule is COc1ccc(/C=c2\sc3n(c2=O)C(c2ccc(Cl)cc2)C(C(=O)OC(C)C)=C(C)N=3)cc1Br. The number of ether oxygens (including phenoxy) is 2. The predicted octanol–water partition coefficient (Wildman–Crippen LogP) is 4.61. The molecule has 0 spiro atoms. The number of halogens is 2. The van der Waals surface area contributed by atoms with E-state index in [4.69, 9.17) is 21.1 Å². The first-order valence-corrected chi connectivity index (χ1v) is 12.5. The van der Waals surface area contributed by atoms with Crippen molar-refractivity contribution in [3.63, 3.8) is 0 Å². The lowest BCUT2D eigenvalue weighted by Gasteiger charge is -2.25. The van der Waals surface area contributed by atoms with E-state index in [1.54, 1.807) is 50.7 Å². The van der Waals surface area contributed by atoms with Crippen molar-refractivity contribution in [3.05, 3.63) is 94.0 Å². The number of nitrogens with zero attached hydrogens (tertiary/aromatic N) is 2. The molecule has 2 heterocycles. The van der Waals surface area contributed by atoms with Gasteiger partial charge in [0.15, 0.2) is 4.80 Å². The normalized spacial score (nSPS) is 15.9. The highest BCUT2D eigenvalue weighted by atomic mass is 79.9. The number of thiazole rings is 1. The van der Waals surface area contributed by atoms with Crippen LogP contribution in [-0.2, 0) is 9.53 Å². The Hall–Kier alpha value is -2.68. The molecule has 0 radical (unpaired) electrons. The third-order valence-electron chi connectivity index (χ3n) is 5.24. The molecule has 0 amide bonds. The number of esters is 1. The average molecular weight is 562 g/mol. The Balaban J connectivity index is 1.92. The summed E-state index contributed by atoms with van der Waals surface area (Å²) in [6.07, 6.45) is 1.50. The molecule has 6 nitrogen and oxygen atoms in total. The number of hydrogen-bond donors (Lipinski definition) is 0. The van der Waals surface area contributed by atoms with Crippen LogP contribution in [0.1, 0.15) is 37.9 Å². The highest BCUT2D eigenvalue weighted by Crippen LogP contribution is 2.31. The third-order valence-corrected chi connectivity index (χ3v) is 7.10. The molecule has 1 aromatic heterocycles. The molecule has 4 rings (SSSR count). The summed E-state index contributed by atoms with van der Waals surface area (Å²) in [5.41, 5.74) is 2.19. The number of hydrogen-bond acceptors (Lipinski definition) is 6. The number of methoxy groups -OCH3 is 1. The lowest BCUT2D eigenvalue weighted by Crippen LogP contribution is -2.40. The summed E-state index contributed by atoms with van der Waals surface area (Å²) in [4.78, 5) is 31.8. The largest absolute Gasteiger partial charge is 0.496 e. The van der Waals surface area contributed by atoms with Gasteiger partial charge in [-0.3, -0.25) is 9.36 Å². The van der Waals surface area contributed by atoms with Crippen molar-refractivity contribution >= 4 is 50.9 Å². The minimum Gasteiger partial charge on any atom is -0.496 e. The van der Waals surface area contributed by atoms with Gasteiger partial charge < -0.3 is 9.47 Å². The number of aromatic nitrogens is 1. The molecular formula is C25H22BrClN2O4S. The third kappa shape index (κ3) is 4.76. The molecule has 3 aromatic rings. The molecular weight excluding hydrogens is 540 g/mol. The maximum atomic E-state index is 13.6. The molecule has 0 aliphatic carbocycles. The number of fused-ring (bicyclic) bond motifs is 1. The van der Waals surface area contributed by atoms with Gasteiger partial charge in [-0.25, -0.2) is 9.79 Å². The molecule has 0 N–H and O–H groups in total. The number of rotatable bonds is 5. The zero-order valence-corrected chi connectivity index (χ0v) is 22.1. The molecule has 9 heteroatoms. The Kier molecular flexibility index (Phi) is 7.12. The molecule has 34 heavy (non-hydrogen) atoms. The molecule has 176 valence electrons. The van der Waals surface area contributed by atoms with Crippen molar-refractivity contribution in [1.82, 2.24) is 4.57 Å². The van der Waals surface area contributed by atoms with Gasteiger partial charge in [-0.2, -0.15) is 0 Å². The smallest absolute Gasteiger partial charge is 0.338 e. The van der Waals surface area contributed by atoms with Crippen LogP contribution in [-0.4, -0.2) is 23.8 Å². The van der Waals surface area contributed by atoms with Gasteiger partial charge in [0.25, 0.3) is 5.56 Å². The van der Waals surface area contributed by atoms with Crippen molar-refractivity contribution in [2.24, 2.45) is 4.99 Å². The van der Waals surface area contributed by atoms with Crippen LogP contribution in [0.2, 0.25) is 5.02 Å². The van der Waals surface area contributed by atoms with Gasteiger partial charge in [0.1, 0.15) is 5.75 Å². The van der Waals surface area contributed by atoms with Crippen LogP contribution in [0.4, 0.5) is 0 Å². The maximum Gasteiger partial charge on any atom is 0.338 e. The fourth-order valence-electron chi connectivity index (χ4n) is 3.74. The second-order valence-electron chi connectivity index (χ2n) is 7.98. The first-order chi connectivity index (χ1) is 16.2. The summed E-state index contributed by atoms with van der Waals surface area (Å²) < 4.78 is 13.6. The summed E-state index contributed by atoms with van der Waals surface area (Å²) in [6.45, 7) is 5.33. The van der Waals surface area contributed by atoms with Gasteiger partial charge in [-0.05, 0) is 78.2 Å². The summed E-state index contributed by atoms with van der Waals surface area (Å²) in [5, 5.41) is 0.563. The maximum absolute atomic E-state index is 13.6. The molecule has 1 aliphatic rings. The van der Waals surface area contributed by atoms with Gasteiger partial charge in [0, 0.05) is 5.02 Å². The van der Waals surface area contributed by atoms with Gasteiger partial charge in [-0.15, -0.1) is 0 Å². The quantitative estimate of drug-likeness (QED) is 0.427. The van der Waals surface area contributed by atoms with Crippen LogP contribution in [0, 0.1) is 0 Å². The van der Waals surface area contributed by atoms with Crippen LogP contribution in [0.5, 0.6) is 5.75 Å². The summed E-state index contributed by atoms with van der Waals surface area (Å²) in [5.74, 6) is 0.204. The van der Waals surface area contributed by atoms with Gasteiger partial charge >= 0.3 is 5.97 Å². The lowest BCUT2D eigenvalue weighted by molar-refractivity contribution is -0.143. The highest BCUT2D eigenvalue weighted by Gasteiger charge is 2.33. The molecule has 0 saturated carbocycles. The van der Waals surface area contributed by atoms with Crippen LogP contribution >= 0.6 is 38.9 Å². The Morgan fingerprint density at radius 2 is 1.94 bits per heavy atom. The zero-order chi connectivity index (χ0) is 24.6. The van der Waals surface area contributed by atoms with Crippen molar-refractivity contribution < 1.29 is 14.3 Å². The summed E-state index contributed by atoms with van der Waals surface area (Å²) in [7, 11) is 1.60. The molecule has 0 fully saturated rings. The van der Waals surface area contributed by atoms with E-state index in [0.29, 0.717) is 31.4 Å². The van der Waals surface area contributed by atoms with E-state index in [1.807, 2.05) is 30.3 Å². The molecule has 0 bridgehead atoms. The fraction of sp³-hybridized carbons (Fsp3) is 0.240. The van der Waals surface area contributed by atoms with E-state index in [1.165, 1.54) is 11.3 Å². The predicted molar refractivity (Wildman–Crippen MR) is 137 cm³/mol. The Morgan fingerprint density at radius 1 is 1.24 bits per heavy atom. The molecule has 1 atom stereocenters. The minimum atomic E-state index is -0.676. The minimum absolute atomic E-state index is 0.238. The van der Waals surface area contributed by atoms with Crippen molar-refractivity contribution in [3.8, 4) is 5.75 Å². The number of carbonyl (C=O) groups is 1. The molecule has 1 aliphatic heterocycles. The van der Waals surface area contributed by atoms with Crippen LogP contribution in [0.15, 0.2) is 68.0 Å². The van der Waals surface area contributed by atoms with E-state index in [-0.39, 0.29) is 11.7 Å². The lowest BCUT2D eigenvalue weighted by atomic mass is 9.96. The Morgan fingerprint density at radius 3 is 2.56 bits per heavy atom. The highest BCUT2D eigenvalue weighted by molar-refractivity contribution is 9.10. The molecule has 2 aromatic carbocycles. The topological polar surface area (TPSA) is 69.9 Å². The molecule has 0 saturated heterocycles. The van der Waals surface area contributed by atoms with Crippen LogP contribution in [0.3, 0.4) is 0 Å². The number of allylic oxidation sites excluding steroid dienone is 1. The first kappa shape index (κ1) is 24.4. The van der Waals surface area contributed by atoms with Gasteiger partial charge in [0.2, 0.25) is 0 Å². The standard InChI is InChI=1S/C25H22BrClN2O4S/c1-13(2)33-24(31)21-14(3)28-25-29(22(21)16-6-8-17(27)9-7-16)23(30)20(34-25)12-15-5-10-19(32-4)18(26)11-15/h5-13,22H,1-4H3/b20-12-. The Labute approximate surface area is 213 Å². The van der Waals surface area contributed by atoms with E-state index < -0.39 is 12.0 Å². The van der Waals surface area contributed by atoms with Crippen molar-refractivity contribution in [2.45, 2.75) is 32.9 Å². The first-order valence-electron chi connectivity index (χ1n) is 10.5. The fourth-order valence-corrected chi connectivity index (χ4v) is 5.48. The summed E-state index contributed by atoms with van der Waals surface area (Å²) in [6, 6.07) is 12.0. The number of benzene rings is 2. The van der Waals surface area contributed by atoms with E-state index in [2.05, 4.69) is 20.9 Å². The van der Waals surface area contributed by atoms with Crippen LogP contribution in [0.25, 0.3) is 6.08 Å². The zero-order valence-electron chi connectivity index (χ0n) is 19.0. The monoisotopic (exact) mass is 560 g/mol. The second kappa shape index (κ2) is 9.90. The van der Waals surface area contributed by atoms with Crippen molar-refractivity contribution in [1.29, 1.82) is 0 Å². The average Bonchev–Trinajstić information content (AvgIpc) is 3.07. The van der Waals surface area contributed by atoms with E-state index >= 15 is 0 Å². The molecule has 1 unspecified atom stereocenters. The van der Waals surface area contributed by atoms with Crippen molar-refractivity contribution in [2.75, 3.05) is 7.11 Å². The number of carbonyl (C=O) groups excluding carboxylic acids is 1. The second-order valence-corrected chi connectivity index (χ2v) is 10.3. The Bertz CT molecular complexity index is 1470. The summed E-state index contributed by atoms with van der Waals surface area (Å²) >= 11 is 10.9. The van der Waals surface area contributed by atoms with Gasteiger partial charge in [0.05, 0.1) is 39.5 Å². The van der Waals surface area contributed by atoms with Gasteiger partial charge in [-0.1, -0.05) is 41.1 Å². The van der Waals surface area contributed by atoms with E-state index in [0.717, 1.165) is 15.6 Å². The van der Waals surface area contributed by atoms with Crippen LogP contribution < -0.4 is 19.6 Å². The van der Waals surface area contributed by atoms with E-state index in [9.17, 15) is 9.59 Å².